The third-order valence-electron chi connectivity index (χ3n) is 3.97. The summed E-state index contributed by atoms with van der Waals surface area (Å²) in [5.41, 5.74) is -0.348. The van der Waals surface area contributed by atoms with Gasteiger partial charge in [-0.3, -0.25) is 9.69 Å². The molecule has 4 heteroatoms. The molecule has 100 valence electrons. The van der Waals surface area contributed by atoms with Crippen LogP contribution >= 0.6 is 0 Å². The quantitative estimate of drug-likeness (QED) is 0.734. The van der Waals surface area contributed by atoms with E-state index in [-0.39, 0.29) is 24.1 Å². The number of nitrogens with zero attached hydrogens (tertiary/aromatic N) is 1. The molecule has 4 nitrogen and oxygen atoms in total. The zero-order valence-electron chi connectivity index (χ0n) is 11.3. The van der Waals surface area contributed by atoms with E-state index < -0.39 is 0 Å². The van der Waals surface area contributed by atoms with Crippen molar-refractivity contribution in [3.05, 3.63) is 0 Å². The van der Waals surface area contributed by atoms with Crippen LogP contribution in [0.25, 0.3) is 0 Å². The van der Waals surface area contributed by atoms with E-state index in [1.165, 1.54) is 0 Å². The van der Waals surface area contributed by atoms with Gasteiger partial charge in [-0.15, -0.1) is 0 Å². The van der Waals surface area contributed by atoms with Gasteiger partial charge in [0.05, 0.1) is 18.2 Å². The summed E-state index contributed by atoms with van der Waals surface area (Å²) in [6.07, 6.45) is 4.81. The molecular formula is C13H26N2O2. The third-order valence-corrected chi connectivity index (χ3v) is 3.97. The Bertz CT molecular complexity index is 250. The van der Waals surface area contributed by atoms with Gasteiger partial charge in [-0.2, -0.15) is 0 Å². The van der Waals surface area contributed by atoms with Crippen LogP contribution in [-0.2, 0) is 4.79 Å². The second-order valence-corrected chi connectivity index (χ2v) is 5.13. The number of carbonyl (C=O) groups excluding carboxylic acids is 1. The predicted molar refractivity (Wildman–Crippen MR) is 68.8 cm³/mol. The molecule has 1 unspecified atom stereocenters. The Balaban J connectivity index is 2.62. The fourth-order valence-electron chi connectivity index (χ4n) is 2.64. The summed E-state index contributed by atoms with van der Waals surface area (Å²) in [5, 5.41) is 12.6. The van der Waals surface area contributed by atoms with E-state index >= 15 is 0 Å². The molecule has 0 spiro atoms. The number of hydrogen-bond acceptors (Lipinski definition) is 3. The van der Waals surface area contributed by atoms with Crippen molar-refractivity contribution in [2.45, 2.75) is 57.5 Å². The first-order valence-corrected chi connectivity index (χ1v) is 6.71. The van der Waals surface area contributed by atoms with E-state index in [1.807, 2.05) is 20.9 Å². The molecule has 1 amide bonds. The second-order valence-electron chi connectivity index (χ2n) is 5.13. The average Bonchev–Trinajstić information content (AvgIpc) is 2.78. The Kier molecular flexibility index (Phi) is 5.40. The topological polar surface area (TPSA) is 52.6 Å². The highest BCUT2D eigenvalue weighted by Crippen LogP contribution is 2.29. The van der Waals surface area contributed by atoms with Crippen molar-refractivity contribution >= 4 is 5.91 Å². The molecule has 0 aromatic heterocycles. The number of amides is 1. The number of rotatable bonds is 6. The molecule has 1 aliphatic carbocycles. The minimum absolute atomic E-state index is 0.0605. The van der Waals surface area contributed by atoms with E-state index in [0.29, 0.717) is 0 Å². The Morgan fingerprint density at radius 2 is 2.00 bits per heavy atom. The van der Waals surface area contributed by atoms with Gasteiger partial charge < -0.3 is 10.4 Å². The van der Waals surface area contributed by atoms with Crippen LogP contribution in [0.3, 0.4) is 0 Å². The summed E-state index contributed by atoms with van der Waals surface area (Å²) in [5.74, 6) is 0.0628. The van der Waals surface area contributed by atoms with Gasteiger partial charge in [0.15, 0.2) is 0 Å². The molecule has 0 saturated heterocycles. The maximum Gasteiger partial charge on any atom is 0.237 e. The first-order chi connectivity index (χ1) is 8.08. The van der Waals surface area contributed by atoms with Gasteiger partial charge >= 0.3 is 0 Å². The molecule has 0 aromatic carbocycles. The van der Waals surface area contributed by atoms with Gasteiger partial charge in [0.1, 0.15) is 0 Å². The van der Waals surface area contributed by atoms with E-state index in [0.717, 1.165) is 38.6 Å². The lowest BCUT2D eigenvalue weighted by Gasteiger charge is -2.32. The van der Waals surface area contributed by atoms with E-state index in [2.05, 4.69) is 10.2 Å². The van der Waals surface area contributed by atoms with Crippen molar-refractivity contribution in [3.8, 4) is 0 Å². The van der Waals surface area contributed by atoms with Crippen LogP contribution in [0.4, 0.5) is 0 Å². The normalized spacial score (nSPS) is 20.5. The summed E-state index contributed by atoms with van der Waals surface area (Å²) < 4.78 is 0. The lowest BCUT2D eigenvalue weighted by Crippen LogP contribution is -2.55. The highest BCUT2D eigenvalue weighted by molar-refractivity contribution is 5.82. The van der Waals surface area contributed by atoms with E-state index in [9.17, 15) is 9.90 Å². The highest BCUT2D eigenvalue weighted by atomic mass is 16.3. The predicted octanol–water partition coefficient (Wildman–Crippen LogP) is 1.14. The lowest BCUT2D eigenvalue weighted by atomic mass is 9.98. The fourth-order valence-corrected chi connectivity index (χ4v) is 2.64. The minimum Gasteiger partial charge on any atom is -0.394 e. The molecule has 1 rings (SSSR count). The second kappa shape index (κ2) is 6.36. The van der Waals surface area contributed by atoms with E-state index in [4.69, 9.17) is 0 Å². The molecule has 1 atom stereocenters. The first-order valence-electron chi connectivity index (χ1n) is 6.71. The monoisotopic (exact) mass is 242 g/mol. The summed E-state index contributed by atoms with van der Waals surface area (Å²) in [6, 6.07) is -0.0796. The SMILES string of the molecule is CCC(C(=O)NC1(CO)CCCC1)N(C)CC. The van der Waals surface area contributed by atoms with Gasteiger partial charge in [0, 0.05) is 0 Å². The number of likely N-dealkylation sites (N-methyl/N-ethyl adjacent to an activating group) is 1. The Morgan fingerprint density at radius 1 is 1.41 bits per heavy atom. The standard InChI is InChI=1S/C13H26N2O2/c1-4-11(15(3)5-2)12(17)14-13(10-16)8-6-7-9-13/h11,16H,4-10H2,1-3H3,(H,14,17). The molecule has 0 aliphatic heterocycles. The fraction of sp³-hybridized carbons (Fsp3) is 0.923. The van der Waals surface area contributed by atoms with Gasteiger partial charge in [0.25, 0.3) is 0 Å². The van der Waals surface area contributed by atoms with Gasteiger partial charge in [0.2, 0.25) is 5.91 Å². The molecule has 1 fully saturated rings. The molecule has 1 saturated carbocycles. The summed E-state index contributed by atoms with van der Waals surface area (Å²) in [6.45, 7) is 4.99. The van der Waals surface area contributed by atoms with Crippen LogP contribution in [0, 0.1) is 0 Å². The smallest absolute Gasteiger partial charge is 0.237 e. The van der Waals surface area contributed by atoms with Crippen LogP contribution in [-0.4, -0.2) is 47.7 Å². The number of aliphatic hydroxyl groups is 1. The molecule has 0 radical (unpaired) electrons. The maximum atomic E-state index is 12.2. The lowest BCUT2D eigenvalue weighted by molar-refractivity contribution is -0.128. The maximum absolute atomic E-state index is 12.2. The Labute approximate surface area is 104 Å². The minimum atomic E-state index is -0.348. The van der Waals surface area contributed by atoms with Gasteiger partial charge in [-0.05, 0) is 32.9 Å². The summed E-state index contributed by atoms with van der Waals surface area (Å²) in [7, 11) is 1.97. The zero-order valence-corrected chi connectivity index (χ0v) is 11.3. The van der Waals surface area contributed by atoms with Crippen molar-refractivity contribution in [2.24, 2.45) is 0 Å². The summed E-state index contributed by atoms with van der Waals surface area (Å²) in [4.78, 5) is 14.3. The van der Waals surface area contributed by atoms with Crippen LogP contribution in [0.15, 0.2) is 0 Å². The number of carbonyl (C=O) groups is 1. The first kappa shape index (κ1) is 14.5. The molecule has 0 heterocycles. The van der Waals surface area contributed by atoms with Crippen LogP contribution < -0.4 is 5.32 Å². The third kappa shape index (κ3) is 3.42. The number of aliphatic hydroxyl groups excluding tert-OH is 1. The van der Waals surface area contributed by atoms with Crippen LogP contribution in [0.5, 0.6) is 0 Å². The highest BCUT2D eigenvalue weighted by Gasteiger charge is 2.36. The number of nitrogens with one attached hydrogen (secondary N) is 1. The average molecular weight is 242 g/mol. The van der Waals surface area contributed by atoms with Crippen molar-refractivity contribution < 1.29 is 9.90 Å². The molecular weight excluding hydrogens is 216 g/mol. The van der Waals surface area contributed by atoms with Crippen molar-refractivity contribution in [2.75, 3.05) is 20.2 Å². The van der Waals surface area contributed by atoms with E-state index in [1.54, 1.807) is 0 Å². The molecule has 17 heavy (non-hydrogen) atoms. The van der Waals surface area contributed by atoms with Crippen molar-refractivity contribution in [3.63, 3.8) is 0 Å². The molecule has 1 aliphatic rings. The zero-order chi connectivity index (χ0) is 12.9. The van der Waals surface area contributed by atoms with Crippen molar-refractivity contribution in [1.29, 1.82) is 0 Å². The molecule has 0 bridgehead atoms. The largest absolute Gasteiger partial charge is 0.394 e. The Morgan fingerprint density at radius 3 is 2.41 bits per heavy atom. The van der Waals surface area contributed by atoms with Crippen LogP contribution in [0.1, 0.15) is 46.0 Å². The van der Waals surface area contributed by atoms with Crippen LogP contribution in [0.2, 0.25) is 0 Å². The number of hydrogen-bond donors (Lipinski definition) is 2. The Hall–Kier alpha value is -0.610. The molecule has 0 aromatic rings. The van der Waals surface area contributed by atoms with Crippen molar-refractivity contribution in [1.82, 2.24) is 10.2 Å². The molecule has 2 N–H and O–H groups in total. The van der Waals surface area contributed by atoms with Gasteiger partial charge in [-0.25, -0.2) is 0 Å². The van der Waals surface area contributed by atoms with Gasteiger partial charge in [-0.1, -0.05) is 26.7 Å². The summed E-state index contributed by atoms with van der Waals surface area (Å²) >= 11 is 0.